The van der Waals surface area contributed by atoms with Gasteiger partial charge in [0.1, 0.15) is 0 Å². The van der Waals surface area contributed by atoms with Gasteiger partial charge in [0.2, 0.25) is 0 Å². The maximum absolute atomic E-state index is 6.03. The van der Waals surface area contributed by atoms with Gasteiger partial charge in [-0.25, -0.2) is 0 Å². The molecular formula is C19H33IN4O. The molecule has 2 unspecified atom stereocenters. The summed E-state index contributed by atoms with van der Waals surface area (Å²) in [7, 11) is 6.08. The number of nitrogens with zero attached hydrogens (tertiary/aromatic N) is 3. The molecule has 1 spiro atoms. The molecule has 0 amide bonds. The first-order chi connectivity index (χ1) is 11.6. The molecule has 25 heavy (non-hydrogen) atoms. The number of aryl methyl sites for hydroxylation is 1. The third-order valence-corrected chi connectivity index (χ3v) is 6.01. The van der Waals surface area contributed by atoms with Crippen LogP contribution < -0.4 is 5.32 Å². The van der Waals surface area contributed by atoms with E-state index in [0.29, 0.717) is 17.6 Å². The van der Waals surface area contributed by atoms with Crippen molar-refractivity contribution in [2.45, 2.75) is 57.7 Å². The summed E-state index contributed by atoms with van der Waals surface area (Å²) in [5.41, 5.74) is 1.62. The summed E-state index contributed by atoms with van der Waals surface area (Å²) in [6.07, 6.45) is 8.86. The van der Waals surface area contributed by atoms with Gasteiger partial charge < -0.3 is 19.5 Å². The van der Waals surface area contributed by atoms with E-state index in [1.54, 1.807) is 0 Å². The molecular weight excluding hydrogens is 427 g/mol. The van der Waals surface area contributed by atoms with Crippen LogP contribution in [0.1, 0.15) is 44.7 Å². The molecule has 3 rings (SSSR count). The van der Waals surface area contributed by atoms with Crippen LogP contribution in [0, 0.1) is 5.41 Å². The third-order valence-electron chi connectivity index (χ3n) is 6.01. The molecule has 0 aromatic carbocycles. The Bertz CT molecular complexity index is 580. The number of nitrogens with one attached hydrogen (secondary N) is 1. The first-order valence-corrected chi connectivity index (χ1v) is 9.27. The smallest absolute Gasteiger partial charge is 0.193 e. The third kappa shape index (κ3) is 3.99. The largest absolute Gasteiger partial charge is 0.378 e. The molecule has 6 heteroatoms. The Morgan fingerprint density at radius 2 is 2.16 bits per heavy atom. The lowest BCUT2D eigenvalue weighted by Gasteiger charge is -2.54. The maximum atomic E-state index is 6.03. The summed E-state index contributed by atoms with van der Waals surface area (Å²) in [6, 6.07) is 4.74. The molecule has 1 aromatic heterocycles. The van der Waals surface area contributed by atoms with Gasteiger partial charge in [0.25, 0.3) is 0 Å². The van der Waals surface area contributed by atoms with Crippen LogP contribution in [0.25, 0.3) is 0 Å². The monoisotopic (exact) mass is 460 g/mol. The Morgan fingerprint density at radius 1 is 1.44 bits per heavy atom. The van der Waals surface area contributed by atoms with E-state index in [4.69, 9.17) is 4.74 Å². The number of aliphatic imine (C=N–C) groups is 1. The van der Waals surface area contributed by atoms with Crippen LogP contribution in [-0.2, 0) is 18.3 Å². The second-order valence-electron chi connectivity index (χ2n) is 7.33. The number of halogens is 1. The fourth-order valence-corrected chi connectivity index (χ4v) is 4.57. The molecule has 2 fully saturated rings. The first kappa shape index (κ1) is 20.6. The number of ether oxygens (including phenoxy) is 1. The molecule has 142 valence electrons. The van der Waals surface area contributed by atoms with Crippen molar-refractivity contribution < 1.29 is 4.74 Å². The van der Waals surface area contributed by atoms with E-state index in [0.717, 1.165) is 25.5 Å². The molecule has 0 aliphatic heterocycles. The van der Waals surface area contributed by atoms with E-state index in [2.05, 4.69) is 59.1 Å². The maximum Gasteiger partial charge on any atom is 0.193 e. The highest BCUT2D eigenvalue weighted by molar-refractivity contribution is 14.0. The van der Waals surface area contributed by atoms with Gasteiger partial charge in [0.05, 0.1) is 12.6 Å². The molecule has 1 heterocycles. The fraction of sp³-hybridized carbons (Fsp3) is 0.737. The molecule has 5 nitrogen and oxygen atoms in total. The Hall–Kier alpha value is -0.760. The highest BCUT2D eigenvalue weighted by Crippen LogP contribution is 2.54. The summed E-state index contributed by atoms with van der Waals surface area (Å²) >= 11 is 0. The summed E-state index contributed by atoms with van der Waals surface area (Å²) in [4.78, 5) is 6.74. The van der Waals surface area contributed by atoms with Gasteiger partial charge in [-0.3, -0.25) is 4.99 Å². The summed E-state index contributed by atoms with van der Waals surface area (Å²) in [5, 5.41) is 3.74. The van der Waals surface area contributed by atoms with E-state index in [1.807, 2.05) is 7.05 Å². The van der Waals surface area contributed by atoms with Crippen molar-refractivity contribution in [3.05, 3.63) is 24.0 Å². The topological polar surface area (TPSA) is 41.8 Å². The lowest BCUT2D eigenvalue weighted by atomic mass is 9.60. The van der Waals surface area contributed by atoms with Gasteiger partial charge in [-0.2, -0.15) is 0 Å². The average molecular weight is 460 g/mol. The standard InChI is InChI=1S/C19H32N4O.HI/c1-5-24-17-13-16(19(17)10-6-7-11-19)21-18(20-2)23(4)14-15-9-8-12-22(15)3;/h8-9,12,16-17H,5-7,10-11,13-14H2,1-4H3,(H,20,21);1H. The van der Waals surface area contributed by atoms with E-state index < -0.39 is 0 Å². The highest BCUT2D eigenvalue weighted by Gasteiger charge is 2.57. The van der Waals surface area contributed by atoms with Crippen molar-refractivity contribution in [2.24, 2.45) is 17.5 Å². The molecule has 2 aliphatic rings. The van der Waals surface area contributed by atoms with E-state index in [1.165, 1.54) is 31.4 Å². The minimum atomic E-state index is 0. The number of aromatic nitrogens is 1. The van der Waals surface area contributed by atoms with Crippen LogP contribution in [0.3, 0.4) is 0 Å². The zero-order valence-corrected chi connectivity index (χ0v) is 18.3. The molecule has 0 bridgehead atoms. The van der Waals surface area contributed by atoms with Crippen LogP contribution in [-0.4, -0.2) is 48.3 Å². The number of guanidine groups is 1. The van der Waals surface area contributed by atoms with E-state index in [-0.39, 0.29) is 24.0 Å². The average Bonchev–Trinajstić information content (AvgIpc) is 3.22. The highest BCUT2D eigenvalue weighted by atomic mass is 127. The quantitative estimate of drug-likeness (QED) is 0.416. The van der Waals surface area contributed by atoms with Gasteiger partial charge in [-0.1, -0.05) is 12.8 Å². The van der Waals surface area contributed by atoms with Gasteiger partial charge in [-0.05, 0) is 38.3 Å². The van der Waals surface area contributed by atoms with Crippen LogP contribution >= 0.6 is 24.0 Å². The number of rotatable bonds is 5. The lowest BCUT2D eigenvalue weighted by molar-refractivity contribution is -0.126. The Balaban J connectivity index is 0.00000225. The van der Waals surface area contributed by atoms with Crippen LogP contribution in [0.4, 0.5) is 0 Å². The zero-order valence-electron chi connectivity index (χ0n) is 16.0. The zero-order chi connectivity index (χ0) is 17.2. The van der Waals surface area contributed by atoms with Gasteiger partial charge in [-0.15, -0.1) is 24.0 Å². The minimum absolute atomic E-state index is 0. The molecule has 2 aliphatic carbocycles. The molecule has 2 saturated carbocycles. The van der Waals surface area contributed by atoms with E-state index >= 15 is 0 Å². The Labute approximate surface area is 169 Å². The van der Waals surface area contributed by atoms with Crippen LogP contribution in [0.2, 0.25) is 0 Å². The predicted molar refractivity (Wildman–Crippen MR) is 114 cm³/mol. The van der Waals surface area contributed by atoms with Gasteiger partial charge >= 0.3 is 0 Å². The first-order valence-electron chi connectivity index (χ1n) is 9.27. The number of hydrogen-bond donors (Lipinski definition) is 1. The SMILES string of the molecule is CCOC1CC(NC(=NC)N(C)Cc2cccn2C)C12CCCC2.I. The normalized spacial score (nSPS) is 24.7. The van der Waals surface area contributed by atoms with Crippen molar-refractivity contribution in [3.8, 4) is 0 Å². The summed E-state index contributed by atoms with van der Waals surface area (Å²) in [5.74, 6) is 0.988. The van der Waals surface area contributed by atoms with E-state index in [9.17, 15) is 0 Å². The number of hydrogen-bond acceptors (Lipinski definition) is 2. The molecule has 1 aromatic rings. The van der Waals surface area contributed by atoms with Crippen molar-refractivity contribution in [1.29, 1.82) is 0 Å². The van der Waals surface area contributed by atoms with Crippen LogP contribution in [0.5, 0.6) is 0 Å². The summed E-state index contributed by atoms with van der Waals surface area (Å²) < 4.78 is 8.19. The fourth-order valence-electron chi connectivity index (χ4n) is 4.57. The molecule has 2 atom stereocenters. The lowest BCUT2D eigenvalue weighted by Crippen LogP contribution is -2.65. The molecule has 0 saturated heterocycles. The van der Waals surface area contributed by atoms with Crippen molar-refractivity contribution in [1.82, 2.24) is 14.8 Å². The second-order valence-corrected chi connectivity index (χ2v) is 7.33. The van der Waals surface area contributed by atoms with Gasteiger partial charge in [0.15, 0.2) is 5.96 Å². The Morgan fingerprint density at radius 3 is 2.72 bits per heavy atom. The minimum Gasteiger partial charge on any atom is -0.378 e. The van der Waals surface area contributed by atoms with Crippen molar-refractivity contribution in [2.75, 3.05) is 20.7 Å². The summed E-state index contributed by atoms with van der Waals surface area (Å²) in [6.45, 7) is 3.79. The van der Waals surface area contributed by atoms with Gasteiger partial charge in [0, 0.05) is 51.1 Å². The predicted octanol–water partition coefficient (Wildman–Crippen LogP) is 3.39. The van der Waals surface area contributed by atoms with Crippen LogP contribution in [0.15, 0.2) is 23.3 Å². The molecule has 1 N–H and O–H groups in total. The molecule has 0 radical (unpaired) electrons. The van der Waals surface area contributed by atoms with Crippen molar-refractivity contribution >= 4 is 29.9 Å². The second kappa shape index (κ2) is 8.75. The van der Waals surface area contributed by atoms with Crippen molar-refractivity contribution in [3.63, 3.8) is 0 Å². The Kier molecular flexibility index (Phi) is 7.19.